The number of imidazole rings is 1. The summed E-state index contributed by atoms with van der Waals surface area (Å²) >= 11 is 0. The molecule has 1 aliphatic rings. The first-order valence-corrected chi connectivity index (χ1v) is 5.27. The molecule has 1 N–H and O–H groups in total. The van der Waals surface area contributed by atoms with Crippen LogP contribution in [-0.4, -0.2) is 22.2 Å². The van der Waals surface area contributed by atoms with E-state index in [2.05, 4.69) is 5.32 Å². The zero-order chi connectivity index (χ0) is 9.97. The van der Waals surface area contributed by atoms with Crippen molar-refractivity contribution in [2.75, 3.05) is 13.1 Å². The van der Waals surface area contributed by atoms with Crippen LogP contribution in [0.3, 0.4) is 0 Å². The highest BCUT2D eigenvalue weighted by Crippen LogP contribution is 2.08. The van der Waals surface area contributed by atoms with E-state index in [0.717, 1.165) is 38.5 Å². The highest BCUT2D eigenvalue weighted by molar-refractivity contribution is 4.82. The van der Waals surface area contributed by atoms with Gasteiger partial charge in [-0.3, -0.25) is 9.13 Å². The predicted molar refractivity (Wildman–Crippen MR) is 55.3 cm³/mol. The number of aromatic nitrogens is 2. The third-order valence-electron chi connectivity index (χ3n) is 2.90. The van der Waals surface area contributed by atoms with Gasteiger partial charge in [-0.15, -0.1) is 0 Å². The normalized spacial score (nSPS) is 16.9. The summed E-state index contributed by atoms with van der Waals surface area (Å²) in [5.41, 5.74) is 0.125. The molecule has 1 aromatic heterocycles. The highest BCUT2D eigenvalue weighted by Gasteiger charge is 2.16. The van der Waals surface area contributed by atoms with Crippen LogP contribution in [0.5, 0.6) is 0 Å². The van der Waals surface area contributed by atoms with Crippen LogP contribution in [0.25, 0.3) is 0 Å². The Balaban J connectivity index is 1.94. The van der Waals surface area contributed by atoms with Crippen molar-refractivity contribution < 1.29 is 0 Å². The van der Waals surface area contributed by atoms with Crippen LogP contribution < -0.4 is 11.0 Å². The van der Waals surface area contributed by atoms with E-state index in [9.17, 15) is 4.79 Å². The minimum absolute atomic E-state index is 0.125. The van der Waals surface area contributed by atoms with Gasteiger partial charge in [0, 0.05) is 25.5 Å². The van der Waals surface area contributed by atoms with E-state index in [1.807, 2.05) is 23.9 Å². The molecule has 0 saturated carbocycles. The topological polar surface area (TPSA) is 39.0 Å². The monoisotopic (exact) mass is 195 g/mol. The minimum Gasteiger partial charge on any atom is -0.316 e. The van der Waals surface area contributed by atoms with Gasteiger partial charge in [0.25, 0.3) is 0 Å². The summed E-state index contributed by atoms with van der Waals surface area (Å²) in [5, 5.41) is 3.24. The molecule has 4 heteroatoms. The van der Waals surface area contributed by atoms with Crippen molar-refractivity contribution in [3.8, 4) is 0 Å². The Morgan fingerprint density at radius 1 is 1.43 bits per heavy atom. The van der Waals surface area contributed by atoms with Gasteiger partial charge >= 0.3 is 5.69 Å². The number of nitrogens with zero attached hydrogens (tertiary/aromatic N) is 2. The molecule has 4 nitrogen and oxygen atoms in total. The van der Waals surface area contributed by atoms with Crippen molar-refractivity contribution in [1.29, 1.82) is 0 Å². The van der Waals surface area contributed by atoms with Crippen molar-refractivity contribution in [2.45, 2.75) is 26.4 Å². The second-order valence-electron chi connectivity index (χ2n) is 3.87. The maximum absolute atomic E-state index is 11.6. The molecule has 2 heterocycles. The molecule has 1 aromatic rings. The molecule has 1 saturated heterocycles. The van der Waals surface area contributed by atoms with Crippen LogP contribution in [0, 0.1) is 5.92 Å². The quantitative estimate of drug-likeness (QED) is 0.749. The molecule has 1 fully saturated rings. The van der Waals surface area contributed by atoms with E-state index in [-0.39, 0.29) is 5.69 Å². The fourth-order valence-corrected chi connectivity index (χ4v) is 1.74. The molecule has 0 amide bonds. The van der Waals surface area contributed by atoms with Crippen LogP contribution >= 0.6 is 0 Å². The van der Waals surface area contributed by atoms with E-state index in [0.29, 0.717) is 0 Å². The van der Waals surface area contributed by atoms with E-state index >= 15 is 0 Å². The number of aryl methyl sites for hydroxylation is 2. The van der Waals surface area contributed by atoms with Gasteiger partial charge in [-0.2, -0.15) is 0 Å². The first-order chi connectivity index (χ1) is 6.81. The molecule has 0 aromatic carbocycles. The van der Waals surface area contributed by atoms with Crippen LogP contribution in [0.1, 0.15) is 13.3 Å². The molecule has 0 atom stereocenters. The predicted octanol–water partition coefficient (Wildman–Crippen LogP) is 0.279. The Hall–Kier alpha value is -1.03. The van der Waals surface area contributed by atoms with E-state index < -0.39 is 0 Å². The van der Waals surface area contributed by atoms with E-state index in [1.54, 1.807) is 4.57 Å². The standard InChI is InChI=1S/C10H17N3O/c1-2-12-5-6-13(10(12)14)4-3-9-7-11-8-9/h5-6,9,11H,2-4,7-8H2,1H3. The molecule has 0 radical (unpaired) electrons. The summed E-state index contributed by atoms with van der Waals surface area (Å²) < 4.78 is 3.54. The molecular weight excluding hydrogens is 178 g/mol. The summed E-state index contributed by atoms with van der Waals surface area (Å²) in [7, 11) is 0. The van der Waals surface area contributed by atoms with Crippen molar-refractivity contribution in [1.82, 2.24) is 14.5 Å². The number of hydrogen-bond acceptors (Lipinski definition) is 2. The number of hydrogen-bond donors (Lipinski definition) is 1. The van der Waals surface area contributed by atoms with Gasteiger partial charge in [0.2, 0.25) is 0 Å². The average Bonchev–Trinajstić information content (AvgIpc) is 2.45. The summed E-state index contributed by atoms with van der Waals surface area (Å²) in [4.78, 5) is 11.6. The fraction of sp³-hybridized carbons (Fsp3) is 0.700. The summed E-state index contributed by atoms with van der Waals surface area (Å²) in [6, 6.07) is 0. The van der Waals surface area contributed by atoms with Gasteiger partial charge in [-0.05, 0) is 32.4 Å². The zero-order valence-electron chi connectivity index (χ0n) is 8.57. The van der Waals surface area contributed by atoms with Gasteiger partial charge in [-0.25, -0.2) is 4.79 Å². The molecule has 0 aliphatic carbocycles. The van der Waals surface area contributed by atoms with Crippen LogP contribution in [0.15, 0.2) is 17.2 Å². The van der Waals surface area contributed by atoms with Gasteiger partial charge in [0.15, 0.2) is 0 Å². The Labute approximate surface area is 83.5 Å². The SMILES string of the molecule is CCn1ccn(CCC2CNC2)c1=O. The lowest BCUT2D eigenvalue weighted by molar-refractivity contribution is 0.310. The summed E-state index contributed by atoms with van der Waals surface area (Å²) in [5.74, 6) is 0.770. The highest BCUT2D eigenvalue weighted by atomic mass is 16.1. The minimum atomic E-state index is 0.125. The zero-order valence-corrected chi connectivity index (χ0v) is 8.57. The van der Waals surface area contributed by atoms with Gasteiger partial charge in [0.05, 0.1) is 0 Å². The van der Waals surface area contributed by atoms with Crippen molar-refractivity contribution in [2.24, 2.45) is 5.92 Å². The van der Waals surface area contributed by atoms with Crippen LogP contribution in [0.4, 0.5) is 0 Å². The largest absolute Gasteiger partial charge is 0.328 e. The molecule has 0 spiro atoms. The number of nitrogens with one attached hydrogen (secondary N) is 1. The lowest BCUT2D eigenvalue weighted by Gasteiger charge is -2.26. The smallest absolute Gasteiger partial charge is 0.316 e. The molecule has 1 aliphatic heterocycles. The van der Waals surface area contributed by atoms with Crippen LogP contribution in [0.2, 0.25) is 0 Å². The molecule has 0 unspecified atom stereocenters. The van der Waals surface area contributed by atoms with Gasteiger partial charge < -0.3 is 5.32 Å². The summed E-state index contributed by atoms with van der Waals surface area (Å²) in [6.45, 7) is 5.84. The Kier molecular flexibility index (Phi) is 2.72. The average molecular weight is 195 g/mol. The lowest BCUT2D eigenvalue weighted by Crippen LogP contribution is -2.42. The molecule has 78 valence electrons. The third kappa shape index (κ3) is 1.75. The molecule has 0 bridgehead atoms. The second-order valence-corrected chi connectivity index (χ2v) is 3.87. The summed E-state index contributed by atoms with van der Waals surface area (Å²) in [6.07, 6.45) is 4.86. The molecule has 2 rings (SSSR count). The number of rotatable bonds is 4. The molecular formula is C10H17N3O. The fourth-order valence-electron chi connectivity index (χ4n) is 1.74. The maximum Gasteiger partial charge on any atom is 0.328 e. The molecule has 14 heavy (non-hydrogen) atoms. The van der Waals surface area contributed by atoms with Crippen molar-refractivity contribution in [3.63, 3.8) is 0 Å². The van der Waals surface area contributed by atoms with E-state index in [4.69, 9.17) is 0 Å². The lowest BCUT2D eigenvalue weighted by atomic mass is 10.00. The Morgan fingerprint density at radius 3 is 2.64 bits per heavy atom. The van der Waals surface area contributed by atoms with Crippen molar-refractivity contribution >= 4 is 0 Å². The third-order valence-corrected chi connectivity index (χ3v) is 2.90. The Morgan fingerprint density at radius 2 is 2.14 bits per heavy atom. The second kappa shape index (κ2) is 4.00. The van der Waals surface area contributed by atoms with Gasteiger partial charge in [0.1, 0.15) is 0 Å². The Bertz CT molecular complexity index is 348. The first kappa shape index (κ1) is 9.52. The van der Waals surface area contributed by atoms with Crippen molar-refractivity contribution in [3.05, 3.63) is 22.9 Å². The maximum atomic E-state index is 11.6. The van der Waals surface area contributed by atoms with E-state index in [1.165, 1.54) is 0 Å². The van der Waals surface area contributed by atoms with Crippen LogP contribution in [-0.2, 0) is 13.1 Å². The van der Waals surface area contributed by atoms with Gasteiger partial charge in [-0.1, -0.05) is 0 Å². The first-order valence-electron chi connectivity index (χ1n) is 5.27.